The van der Waals surface area contributed by atoms with E-state index in [-0.39, 0.29) is 5.56 Å². The van der Waals surface area contributed by atoms with E-state index in [1.165, 1.54) is 17.8 Å². The van der Waals surface area contributed by atoms with Gasteiger partial charge in [-0.25, -0.2) is 4.98 Å². The third kappa shape index (κ3) is 3.48. The van der Waals surface area contributed by atoms with Gasteiger partial charge in [-0.3, -0.25) is 0 Å². The summed E-state index contributed by atoms with van der Waals surface area (Å²) in [5.41, 5.74) is 1.20. The zero-order chi connectivity index (χ0) is 13.7. The highest BCUT2D eigenvalue weighted by molar-refractivity contribution is 7.98. The molecule has 0 saturated carbocycles. The first kappa shape index (κ1) is 13.4. The normalized spacial score (nSPS) is 10.2. The van der Waals surface area contributed by atoms with Crippen LogP contribution < -0.4 is 9.84 Å². The number of thioether (sulfide) groups is 1. The second kappa shape index (κ2) is 6.24. The monoisotopic (exact) mass is 274 g/mol. The lowest BCUT2D eigenvalue weighted by atomic mass is 10.2. The number of carboxylic acid groups (broad SMARTS) is 1. The van der Waals surface area contributed by atoms with Crippen LogP contribution in [-0.2, 0) is 5.75 Å². The number of pyridine rings is 1. The average Bonchev–Trinajstić information content (AvgIpc) is 2.46. The number of aromatic carboxylic acids is 1. The molecule has 0 aliphatic rings. The van der Waals surface area contributed by atoms with Crippen molar-refractivity contribution in [2.75, 3.05) is 7.11 Å². The summed E-state index contributed by atoms with van der Waals surface area (Å²) in [6.07, 6.45) is 1.57. The van der Waals surface area contributed by atoms with Crippen molar-refractivity contribution < 1.29 is 14.6 Å². The van der Waals surface area contributed by atoms with Gasteiger partial charge in [-0.15, -0.1) is 11.8 Å². The van der Waals surface area contributed by atoms with Gasteiger partial charge in [0.05, 0.1) is 13.1 Å². The molecule has 1 heterocycles. The fraction of sp³-hybridized carbons (Fsp3) is 0.143. The summed E-state index contributed by atoms with van der Waals surface area (Å²) in [7, 11) is 1.61. The van der Waals surface area contributed by atoms with Crippen molar-refractivity contribution in [1.82, 2.24) is 4.98 Å². The second-order valence-corrected chi connectivity index (χ2v) is 4.74. The Bertz CT molecular complexity index is 569. The zero-order valence-corrected chi connectivity index (χ0v) is 11.1. The summed E-state index contributed by atoms with van der Waals surface area (Å²) in [6, 6.07) is 10.7. The van der Waals surface area contributed by atoms with E-state index in [4.69, 9.17) is 4.74 Å². The van der Waals surface area contributed by atoms with Crippen molar-refractivity contribution in [3.8, 4) is 5.75 Å². The summed E-state index contributed by atoms with van der Waals surface area (Å²) >= 11 is 1.37. The Morgan fingerprint density at radius 3 is 2.68 bits per heavy atom. The standard InChI is InChI=1S/C14H13NO3S/c1-18-11-6-4-10(5-7-11)9-19-13-12(14(16)17)3-2-8-15-13/h2-8H,9H2,1H3,(H,16,17)/p-1. The van der Waals surface area contributed by atoms with E-state index in [1.807, 2.05) is 24.3 Å². The number of hydrogen-bond acceptors (Lipinski definition) is 5. The fourth-order valence-corrected chi connectivity index (χ4v) is 2.47. The van der Waals surface area contributed by atoms with Gasteiger partial charge in [-0.2, -0.15) is 0 Å². The molecule has 2 aromatic rings. The van der Waals surface area contributed by atoms with Gasteiger partial charge in [-0.05, 0) is 29.8 Å². The predicted molar refractivity (Wildman–Crippen MR) is 71.1 cm³/mol. The number of benzene rings is 1. The maximum absolute atomic E-state index is 10.9. The quantitative estimate of drug-likeness (QED) is 0.777. The second-order valence-electron chi connectivity index (χ2n) is 3.78. The molecule has 4 nitrogen and oxygen atoms in total. The largest absolute Gasteiger partial charge is 0.545 e. The van der Waals surface area contributed by atoms with E-state index in [9.17, 15) is 9.90 Å². The Balaban J connectivity index is 2.07. The van der Waals surface area contributed by atoms with Crippen molar-refractivity contribution in [3.05, 3.63) is 53.7 Å². The molecule has 1 aromatic carbocycles. The third-order valence-corrected chi connectivity index (χ3v) is 3.60. The van der Waals surface area contributed by atoms with Crippen LogP contribution in [0.1, 0.15) is 15.9 Å². The van der Waals surface area contributed by atoms with Crippen LogP contribution in [0.15, 0.2) is 47.6 Å². The Morgan fingerprint density at radius 1 is 1.32 bits per heavy atom. The van der Waals surface area contributed by atoms with E-state index in [0.717, 1.165) is 11.3 Å². The van der Waals surface area contributed by atoms with Gasteiger partial charge in [0, 0.05) is 17.5 Å². The van der Waals surface area contributed by atoms with E-state index in [2.05, 4.69) is 4.98 Å². The number of rotatable bonds is 5. The minimum absolute atomic E-state index is 0.126. The molecule has 0 unspecified atom stereocenters. The number of carbonyl (C=O) groups is 1. The van der Waals surface area contributed by atoms with Crippen LogP contribution in [0, 0.1) is 0 Å². The molecule has 1 aromatic heterocycles. The molecule has 0 aliphatic heterocycles. The van der Waals surface area contributed by atoms with E-state index in [0.29, 0.717) is 10.8 Å². The summed E-state index contributed by atoms with van der Waals surface area (Å²) in [5, 5.41) is 11.4. The molecule has 0 saturated heterocycles. The highest BCUT2D eigenvalue weighted by Crippen LogP contribution is 2.24. The van der Waals surface area contributed by atoms with Gasteiger partial charge < -0.3 is 14.6 Å². The summed E-state index contributed by atoms with van der Waals surface area (Å²) in [6.45, 7) is 0. The minimum Gasteiger partial charge on any atom is -0.545 e. The first-order valence-electron chi connectivity index (χ1n) is 5.63. The molecule has 98 valence electrons. The first-order chi connectivity index (χ1) is 9.20. The van der Waals surface area contributed by atoms with E-state index in [1.54, 1.807) is 19.4 Å². The highest BCUT2D eigenvalue weighted by atomic mass is 32.2. The molecule has 0 spiro atoms. The van der Waals surface area contributed by atoms with Crippen molar-refractivity contribution >= 4 is 17.7 Å². The number of nitrogens with zero attached hydrogens (tertiary/aromatic N) is 1. The van der Waals surface area contributed by atoms with Crippen molar-refractivity contribution in [1.29, 1.82) is 0 Å². The molecule has 0 fully saturated rings. The van der Waals surface area contributed by atoms with Gasteiger partial charge in [0.15, 0.2) is 0 Å². The smallest absolute Gasteiger partial charge is 0.118 e. The molecule has 0 amide bonds. The van der Waals surface area contributed by atoms with E-state index >= 15 is 0 Å². The lowest BCUT2D eigenvalue weighted by Gasteiger charge is -2.08. The minimum atomic E-state index is -1.20. The molecule has 19 heavy (non-hydrogen) atoms. The molecule has 0 bridgehead atoms. The fourth-order valence-electron chi connectivity index (χ4n) is 1.53. The summed E-state index contributed by atoms with van der Waals surface area (Å²) < 4.78 is 5.08. The average molecular weight is 274 g/mol. The predicted octanol–water partition coefficient (Wildman–Crippen LogP) is 1.75. The van der Waals surface area contributed by atoms with Crippen molar-refractivity contribution in [2.45, 2.75) is 10.8 Å². The zero-order valence-electron chi connectivity index (χ0n) is 10.3. The van der Waals surface area contributed by atoms with Crippen LogP contribution in [0.4, 0.5) is 0 Å². The van der Waals surface area contributed by atoms with Gasteiger partial charge >= 0.3 is 0 Å². The molecule has 2 rings (SSSR count). The van der Waals surface area contributed by atoms with Crippen LogP contribution in [0.3, 0.4) is 0 Å². The van der Waals surface area contributed by atoms with Crippen LogP contribution in [-0.4, -0.2) is 18.1 Å². The van der Waals surface area contributed by atoms with Crippen LogP contribution in [0.5, 0.6) is 5.75 Å². The molecule has 0 aliphatic carbocycles. The van der Waals surface area contributed by atoms with Crippen LogP contribution >= 0.6 is 11.8 Å². The Labute approximate surface area is 115 Å². The SMILES string of the molecule is COc1ccc(CSc2ncccc2C(=O)[O-])cc1. The first-order valence-corrected chi connectivity index (χ1v) is 6.61. The Morgan fingerprint density at radius 2 is 2.05 bits per heavy atom. The van der Waals surface area contributed by atoms with Gasteiger partial charge in [0.25, 0.3) is 0 Å². The molecular formula is C14H12NO3S-. The molecule has 0 atom stereocenters. The maximum Gasteiger partial charge on any atom is 0.118 e. The molecule has 0 N–H and O–H groups in total. The van der Waals surface area contributed by atoms with Crippen molar-refractivity contribution in [2.24, 2.45) is 0 Å². The lowest BCUT2D eigenvalue weighted by molar-refractivity contribution is -0.255. The van der Waals surface area contributed by atoms with E-state index < -0.39 is 5.97 Å². The molecule has 0 radical (unpaired) electrons. The number of hydrogen-bond donors (Lipinski definition) is 0. The number of methoxy groups -OCH3 is 1. The van der Waals surface area contributed by atoms with Crippen LogP contribution in [0.25, 0.3) is 0 Å². The summed E-state index contributed by atoms with van der Waals surface area (Å²) in [5.74, 6) is 0.230. The number of aromatic nitrogens is 1. The molecular weight excluding hydrogens is 262 g/mol. The number of carboxylic acids is 1. The van der Waals surface area contributed by atoms with Gasteiger partial charge in [-0.1, -0.05) is 12.1 Å². The highest BCUT2D eigenvalue weighted by Gasteiger charge is 2.05. The maximum atomic E-state index is 10.9. The van der Waals surface area contributed by atoms with Gasteiger partial charge in [0.2, 0.25) is 0 Å². The van der Waals surface area contributed by atoms with Gasteiger partial charge in [0.1, 0.15) is 10.8 Å². The topological polar surface area (TPSA) is 62.2 Å². The van der Waals surface area contributed by atoms with Crippen LogP contribution in [0.2, 0.25) is 0 Å². The third-order valence-electron chi connectivity index (χ3n) is 2.53. The summed E-state index contributed by atoms with van der Waals surface area (Å²) in [4.78, 5) is 15.0. The Hall–Kier alpha value is -2.01. The Kier molecular flexibility index (Phi) is 4.41. The molecule has 5 heteroatoms. The van der Waals surface area contributed by atoms with Crippen molar-refractivity contribution in [3.63, 3.8) is 0 Å². The number of carbonyl (C=O) groups excluding carboxylic acids is 1. The lowest BCUT2D eigenvalue weighted by Crippen LogP contribution is -2.23. The number of ether oxygens (including phenoxy) is 1.